The average Bonchev–Trinajstić information content (AvgIpc) is 2.41. The summed E-state index contributed by atoms with van der Waals surface area (Å²) in [7, 11) is 0. The molecule has 3 heteroatoms. The first-order valence-electron chi connectivity index (χ1n) is 7.24. The van der Waals surface area contributed by atoms with Crippen LogP contribution in [0.15, 0.2) is 24.3 Å². The van der Waals surface area contributed by atoms with Crippen molar-refractivity contribution in [2.75, 3.05) is 6.54 Å². The molecule has 0 aromatic heterocycles. The van der Waals surface area contributed by atoms with Gasteiger partial charge >= 0.3 is 0 Å². The van der Waals surface area contributed by atoms with E-state index in [4.69, 9.17) is 0 Å². The Morgan fingerprint density at radius 2 is 1.84 bits per heavy atom. The van der Waals surface area contributed by atoms with Crippen LogP contribution >= 0.6 is 0 Å². The van der Waals surface area contributed by atoms with Crippen molar-refractivity contribution in [2.24, 2.45) is 11.8 Å². The van der Waals surface area contributed by atoms with E-state index in [0.717, 1.165) is 30.5 Å². The van der Waals surface area contributed by atoms with Gasteiger partial charge in [-0.1, -0.05) is 50.5 Å². The van der Waals surface area contributed by atoms with E-state index in [0.29, 0.717) is 0 Å². The van der Waals surface area contributed by atoms with Gasteiger partial charge in [0.1, 0.15) is 0 Å². The molecule has 0 spiro atoms. The summed E-state index contributed by atoms with van der Waals surface area (Å²) in [5.41, 5.74) is 1.18. The Hall–Kier alpha value is -0.960. The molecule has 2 rings (SSSR count). The second-order valence-corrected chi connectivity index (χ2v) is 5.69. The van der Waals surface area contributed by atoms with Crippen molar-refractivity contribution in [1.82, 2.24) is 5.32 Å². The molecule has 0 radical (unpaired) electrons. The molecule has 1 nitrogen and oxygen atoms in total. The summed E-state index contributed by atoms with van der Waals surface area (Å²) in [6, 6.07) is 6.62. The highest BCUT2D eigenvalue weighted by atomic mass is 19.3. The van der Waals surface area contributed by atoms with Crippen LogP contribution < -0.4 is 5.32 Å². The van der Waals surface area contributed by atoms with Crippen LogP contribution in [0.2, 0.25) is 0 Å². The summed E-state index contributed by atoms with van der Waals surface area (Å²) in [6.07, 6.45) is 3.01. The Morgan fingerprint density at radius 1 is 1.16 bits per heavy atom. The monoisotopic (exact) mass is 267 g/mol. The Balaban J connectivity index is 1.75. The van der Waals surface area contributed by atoms with E-state index in [2.05, 4.69) is 12.2 Å². The third-order valence-corrected chi connectivity index (χ3v) is 4.26. The van der Waals surface area contributed by atoms with Crippen molar-refractivity contribution in [3.05, 3.63) is 35.4 Å². The zero-order chi connectivity index (χ0) is 13.7. The number of alkyl halides is 2. The number of hydrogen-bond acceptors (Lipinski definition) is 1. The zero-order valence-corrected chi connectivity index (χ0v) is 11.5. The maximum Gasteiger partial charge on any atom is 0.263 e. The predicted octanol–water partition coefficient (Wildman–Crippen LogP) is 4.54. The molecule has 0 heterocycles. The molecule has 0 aliphatic heterocycles. The van der Waals surface area contributed by atoms with Crippen molar-refractivity contribution < 1.29 is 8.78 Å². The normalized spacial score (nSPS) is 23.8. The molecule has 1 aromatic rings. The molecular weight excluding hydrogens is 244 g/mol. The van der Waals surface area contributed by atoms with E-state index in [1.165, 1.54) is 37.8 Å². The first-order chi connectivity index (χ1) is 9.16. The number of benzene rings is 1. The summed E-state index contributed by atoms with van der Waals surface area (Å²) in [5.74, 6) is 1.58. The van der Waals surface area contributed by atoms with Crippen LogP contribution in [-0.4, -0.2) is 6.54 Å². The Bertz CT molecular complexity index is 375. The third-order valence-electron chi connectivity index (χ3n) is 4.26. The van der Waals surface area contributed by atoms with Crippen molar-refractivity contribution in [3.63, 3.8) is 0 Å². The fourth-order valence-electron chi connectivity index (χ4n) is 2.88. The Labute approximate surface area is 114 Å². The fourth-order valence-corrected chi connectivity index (χ4v) is 2.88. The average molecular weight is 267 g/mol. The van der Waals surface area contributed by atoms with Crippen LogP contribution in [-0.2, 0) is 6.54 Å². The highest BCUT2D eigenvalue weighted by molar-refractivity contribution is 5.23. The van der Waals surface area contributed by atoms with E-state index >= 15 is 0 Å². The van der Waals surface area contributed by atoms with Crippen molar-refractivity contribution >= 4 is 0 Å². The molecular formula is C16H23F2N. The van der Waals surface area contributed by atoms with Crippen molar-refractivity contribution in [1.29, 1.82) is 0 Å². The molecule has 1 aliphatic carbocycles. The second kappa shape index (κ2) is 6.99. The Morgan fingerprint density at radius 3 is 2.47 bits per heavy atom. The van der Waals surface area contributed by atoms with Crippen LogP contribution in [0.5, 0.6) is 0 Å². The van der Waals surface area contributed by atoms with Crippen LogP contribution in [0.3, 0.4) is 0 Å². The molecule has 1 aliphatic rings. The third kappa shape index (κ3) is 4.27. The smallest absolute Gasteiger partial charge is 0.263 e. The van der Waals surface area contributed by atoms with Gasteiger partial charge < -0.3 is 5.32 Å². The predicted molar refractivity (Wildman–Crippen MR) is 74.2 cm³/mol. The lowest BCUT2D eigenvalue weighted by Crippen LogP contribution is -2.29. The lowest BCUT2D eigenvalue weighted by atomic mass is 9.80. The van der Waals surface area contributed by atoms with E-state index in [1.54, 1.807) is 12.1 Å². The maximum atomic E-state index is 12.4. The fraction of sp³-hybridized carbons (Fsp3) is 0.625. The molecule has 1 saturated carbocycles. The summed E-state index contributed by atoms with van der Waals surface area (Å²) in [6.45, 7) is 4.15. The van der Waals surface area contributed by atoms with Gasteiger partial charge in [0.05, 0.1) is 0 Å². The van der Waals surface area contributed by atoms with Crippen LogP contribution in [0.1, 0.15) is 50.2 Å². The number of hydrogen-bond donors (Lipinski definition) is 1. The minimum absolute atomic E-state index is 0.102. The molecule has 1 aromatic carbocycles. The van der Waals surface area contributed by atoms with Crippen molar-refractivity contribution in [2.45, 2.75) is 45.6 Å². The highest BCUT2D eigenvalue weighted by Gasteiger charge is 2.20. The van der Waals surface area contributed by atoms with Gasteiger partial charge in [0.2, 0.25) is 0 Å². The summed E-state index contributed by atoms with van der Waals surface area (Å²) in [5, 5.41) is 3.46. The van der Waals surface area contributed by atoms with E-state index < -0.39 is 6.43 Å². The number of rotatable bonds is 5. The second-order valence-electron chi connectivity index (χ2n) is 5.69. The van der Waals surface area contributed by atoms with E-state index in [1.807, 2.05) is 0 Å². The number of nitrogens with one attached hydrogen (secondary N) is 1. The van der Waals surface area contributed by atoms with Gasteiger partial charge in [0, 0.05) is 12.1 Å². The molecule has 106 valence electrons. The van der Waals surface area contributed by atoms with Gasteiger partial charge in [-0.15, -0.1) is 0 Å². The number of halogens is 2. The van der Waals surface area contributed by atoms with Gasteiger partial charge in [-0.3, -0.25) is 0 Å². The van der Waals surface area contributed by atoms with Gasteiger partial charge in [-0.2, -0.15) is 0 Å². The van der Waals surface area contributed by atoms with Crippen molar-refractivity contribution in [3.8, 4) is 0 Å². The lowest BCUT2D eigenvalue weighted by Gasteiger charge is -2.28. The minimum atomic E-state index is -2.37. The quantitative estimate of drug-likeness (QED) is 0.826. The van der Waals surface area contributed by atoms with Gasteiger partial charge in [-0.05, 0) is 30.4 Å². The molecule has 1 N–H and O–H groups in total. The maximum absolute atomic E-state index is 12.4. The van der Waals surface area contributed by atoms with E-state index in [-0.39, 0.29) is 5.56 Å². The first kappa shape index (κ1) is 14.4. The summed E-state index contributed by atoms with van der Waals surface area (Å²) in [4.78, 5) is 0. The van der Waals surface area contributed by atoms with Crippen LogP contribution in [0.4, 0.5) is 8.78 Å². The SMILES string of the molecule is CC1CCCCC1CNCc1ccc(C(F)F)cc1. The largest absolute Gasteiger partial charge is 0.312 e. The molecule has 0 saturated heterocycles. The van der Waals surface area contributed by atoms with Gasteiger partial charge in [0.25, 0.3) is 6.43 Å². The molecule has 19 heavy (non-hydrogen) atoms. The standard InChI is InChI=1S/C16H23F2N/c1-12-4-2-3-5-15(12)11-19-10-13-6-8-14(9-7-13)16(17)18/h6-9,12,15-16,19H,2-5,10-11H2,1H3. The van der Waals surface area contributed by atoms with E-state index in [9.17, 15) is 8.78 Å². The van der Waals surface area contributed by atoms with Gasteiger partial charge in [0.15, 0.2) is 0 Å². The molecule has 2 unspecified atom stereocenters. The lowest BCUT2D eigenvalue weighted by molar-refractivity contribution is 0.151. The molecule has 1 fully saturated rings. The topological polar surface area (TPSA) is 12.0 Å². The molecule has 2 atom stereocenters. The Kier molecular flexibility index (Phi) is 5.32. The first-order valence-corrected chi connectivity index (χ1v) is 7.24. The van der Waals surface area contributed by atoms with Crippen LogP contribution in [0.25, 0.3) is 0 Å². The minimum Gasteiger partial charge on any atom is -0.312 e. The van der Waals surface area contributed by atoms with Gasteiger partial charge in [-0.25, -0.2) is 8.78 Å². The molecule has 0 amide bonds. The zero-order valence-electron chi connectivity index (χ0n) is 11.5. The van der Waals surface area contributed by atoms with Crippen LogP contribution in [0, 0.1) is 11.8 Å². The summed E-state index contributed by atoms with van der Waals surface area (Å²) >= 11 is 0. The highest BCUT2D eigenvalue weighted by Crippen LogP contribution is 2.28. The summed E-state index contributed by atoms with van der Waals surface area (Å²) < 4.78 is 24.8. The molecule has 0 bridgehead atoms.